The van der Waals surface area contributed by atoms with Crippen LogP contribution >= 0.6 is 0 Å². The number of imide groups is 1. The van der Waals surface area contributed by atoms with Gasteiger partial charge in [-0.15, -0.1) is 0 Å². The summed E-state index contributed by atoms with van der Waals surface area (Å²) in [7, 11) is 0. The topological polar surface area (TPSA) is 58.2 Å². The minimum absolute atomic E-state index is 0.328. The van der Waals surface area contributed by atoms with Crippen molar-refractivity contribution in [3.8, 4) is 0 Å². The molecular weight excluding hydrogens is 235 g/mol. The Morgan fingerprint density at radius 2 is 2.22 bits per heavy atom. The van der Waals surface area contributed by atoms with Crippen LogP contribution in [0.1, 0.15) is 25.3 Å². The highest BCUT2D eigenvalue weighted by Crippen LogP contribution is 2.15. The molecule has 1 aromatic rings. The molecule has 0 aliphatic carbocycles. The molecule has 1 aromatic carbocycles. The van der Waals surface area contributed by atoms with Crippen molar-refractivity contribution in [1.82, 2.24) is 5.32 Å². The first-order valence-corrected chi connectivity index (χ1v) is 5.85. The van der Waals surface area contributed by atoms with Crippen LogP contribution in [0.2, 0.25) is 0 Å². The molecule has 98 valence electrons. The standard InChI is InChI=1S/C13H17FN2O2/c1-3-4-12(13(18)15-8-17)16-10-6-5-9(2)11(14)7-10/h5-8,12,16H,3-4H2,1-2H3,(H,15,17,18). The van der Waals surface area contributed by atoms with Crippen molar-refractivity contribution in [2.45, 2.75) is 32.7 Å². The van der Waals surface area contributed by atoms with Gasteiger partial charge in [0, 0.05) is 5.69 Å². The van der Waals surface area contributed by atoms with Gasteiger partial charge in [-0.3, -0.25) is 14.9 Å². The van der Waals surface area contributed by atoms with E-state index in [1.807, 2.05) is 6.92 Å². The third-order valence-corrected chi connectivity index (χ3v) is 2.61. The zero-order valence-electron chi connectivity index (χ0n) is 10.5. The van der Waals surface area contributed by atoms with E-state index in [0.29, 0.717) is 24.1 Å². The minimum Gasteiger partial charge on any atom is -0.374 e. The molecule has 1 unspecified atom stereocenters. The average molecular weight is 252 g/mol. The molecule has 0 fully saturated rings. The highest BCUT2D eigenvalue weighted by molar-refractivity contribution is 5.91. The third kappa shape index (κ3) is 3.84. The Morgan fingerprint density at radius 3 is 2.78 bits per heavy atom. The van der Waals surface area contributed by atoms with Gasteiger partial charge in [0.1, 0.15) is 11.9 Å². The number of hydrogen-bond donors (Lipinski definition) is 2. The van der Waals surface area contributed by atoms with Crippen LogP contribution in [0.3, 0.4) is 0 Å². The zero-order valence-corrected chi connectivity index (χ0v) is 10.5. The van der Waals surface area contributed by atoms with Gasteiger partial charge >= 0.3 is 0 Å². The van der Waals surface area contributed by atoms with Crippen LogP contribution in [0.25, 0.3) is 0 Å². The fraction of sp³-hybridized carbons (Fsp3) is 0.385. The fourth-order valence-electron chi connectivity index (χ4n) is 1.60. The molecule has 0 aliphatic rings. The van der Waals surface area contributed by atoms with E-state index >= 15 is 0 Å². The highest BCUT2D eigenvalue weighted by atomic mass is 19.1. The lowest BCUT2D eigenvalue weighted by Crippen LogP contribution is -2.38. The maximum Gasteiger partial charge on any atom is 0.248 e. The minimum atomic E-state index is -0.540. The summed E-state index contributed by atoms with van der Waals surface area (Å²) in [6, 6.07) is 4.14. The molecule has 0 spiro atoms. The number of halogens is 1. The van der Waals surface area contributed by atoms with E-state index in [9.17, 15) is 14.0 Å². The Labute approximate surface area is 106 Å². The van der Waals surface area contributed by atoms with Gasteiger partial charge in [-0.2, -0.15) is 0 Å². The Bertz CT molecular complexity index is 435. The number of carbonyl (C=O) groups is 2. The van der Waals surface area contributed by atoms with E-state index in [0.717, 1.165) is 6.42 Å². The Morgan fingerprint density at radius 1 is 1.50 bits per heavy atom. The maximum absolute atomic E-state index is 13.4. The summed E-state index contributed by atoms with van der Waals surface area (Å²) in [5.41, 5.74) is 1.07. The molecular formula is C13H17FN2O2. The second kappa shape index (κ2) is 6.74. The molecule has 4 nitrogen and oxygen atoms in total. The molecule has 1 rings (SSSR count). The Balaban J connectivity index is 2.78. The van der Waals surface area contributed by atoms with Crippen molar-refractivity contribution < 1.29 is 14.0 Å². The molecule has 0 aliphatic heterocycles. The van der Waals surface area contributed by atoms with Crippen LogP contribution in [-0.2, 0) is 9.59 Å². The summed E-state index contributed by atoms with van der Waals surface area (Å²) in [5, 5.41) is 5.02. The monoisotopic (exact) mass is 252 g/mol. The number of anilines is 1. The number of rotatable bonds is 6. The molecule has 0 radical (unpaired) electrons. The van der Waals surface area contributed by atoms with Gasteiger partial charge in [0.25, 0.3) is 0 Å². The molecule has 1 atom stereocenters. The van der Waals surface area contributed by atoms with Gasteiger partial charge in [0.15, 0.2) is 0 Å². The first-order chi connectivity index (χ1) is 8.58. The van der Waals surface area contributed by atoms with Crippen molar-refractivity contribution in [3.63, 3.8) is 0 Å². The molecule has 0 heterocycles. The van der Waals surface area contributed by atoms with Gasteiger partial charge in [-0.05, 0) is 31.0 Å². The lowest BCUT2D eigenvalue weighted by Gasteiger charge is -2.17. The molecule has 2 amide bonds. The van der Waals surface area contributed by atoms with Crippen LogP contribution in [0, 0.1) is 12.7 Å². The lowest BCUT2D eigenvalue weighted by atomic mass is 10.1. The first-order valence-electron chi connectivity index (χ1n) is 5.85. The van der Waals surface area contributed by atoms with Gasteiger partial charge in [0.2, 0.25) is 12.3 Å². The van der Waals surface area contributed by atoms with E-state index in [4.69, 9.17) is 0 Å². The van der Waals surface area contributed by atoms with E-state index in [1.54, 1.807) is 19.1 Å². The van der Waals surface area contributed by atoms with E-state index in [-0.39, 0.29) is 5.82 Å². The number of amides is 2. The third-order valence-electron chi connectivity index (χ3n) is 2.61. The molecule has 2 N–H and O–H groups in total. The zero-order chi connectivity index (χ0) is 13.5. The van der Waals surface area contributed by atoms with Crippen LogP contribution < -0.4 is 10.6 Å². The van der Waals surface area contributed by atoms with Crippen molar-refractivity contribution in [1.29, 1.82) is 0 Å². The summed E-state index contributed by atoms with van der Waals surface area (Å²) < 4.78 is 13.4. The van der Waals surface area contributed by atoms with Gasteiger partial charge < -0.3 is 5.32 Å². The summed E-state index contributed by atoms with van der Waals surface area (Å²) in [6.07, 6.45) is 1.69. The summed E-state index contributed by atoms with van der Waals surface area (Å²) in [6.45, 7) is 3.60. The maximum atomic E-state index is 13.4. The van der Waals surface area contributed by atoms with Crippen molar-refractivity contribution in [2.24, 2.45) is 0 Å². The lowest BCUT2D eigenvalue weighted by molar-refractivity contribution is -0.125. The number of benzene rings is 1. The number of hydrogen-bond acceptors (Lipinski definition) is 3. The van der Waals surface area contributed by atoms with Crippen LogP contribution in [0.4, 0.5) is 10.1 Å². The summed E-state index contributed by atoms with van der Waals surface area (Å²) in [5.74, 6) is -0.737. The predicted octanol–water partition coefficient (Wildman–Crippen LogP) is 1.99. The normalized spacial score (nSPS) is 11.7. The smallest absolute Gasteiger partial charge is 0.248 e. The first kappa shape index (κ1) is 14.2. The second-order valence-electron chi connectivity index (χ2n) is 4.08. The van der Waals surface area contributed by atoms with Crippen molar-refractivity contribution in [3.05, 3.63) is 29.6 Å². The highest BCUT2D eigenvalue weighted by Gasteiger charge is 2.16. The van der Waals surface area contributed by atoms with E-state index < -0.39 is 11.9 Å². The van der Waals surface area contributed by atoms with Crippen molar-refractivity contribution >= 4 is 18.0 Å². The SMILES string of the molecule is CCCC(Nc1ccc(C)c(F)c1)C(=O)NC=O. The molecule has 0 saturated carbocycles. The van der Waals surface area contributed by atoms with Crippen LogP contribution in [-0.4, -0.2) is 18.4 Å². The number of aryl methyl sites for hydroxylation is 1. The summed E-state index contributed by atoms with van der Waals surface area (Å²) in [4.78, 5) is 21.8. The average Bonchev–Trinajstić information content (AvgIpc) is 2.33. The van der Waals surface area contributed by atoms with Gasteiger partial charge in [0.05, 0.1) is 0 Å². The van der Waals surface area contributed by atoms with Crippen LogP contribution in [0.15, 0.2) is 18.2 Å². The van der Waals surface area contributed by atoms with E-state index in [1.165, 1.54) is 6.07 Å². The number of carbonyl (C=O) groups excluding carboxylic acids is 2. The molecule has 0 saturated heterocycles. The molecule has 0 bridgehead atoms. The fourth-order valence-corrected chi connectivity index (χ4v) is 1.60. The van der Waals surface area contributed by atoms with Gasteiger partial charge in [-0.1, -0.05) is 19.4 Å². The quantitative estimate of drug-likeness (QED) is 0.761. The Hall–Kier alpha value is -1.91. The number of nitrogens with one attached hydrogen (secondary N) is 2. The largest absolute Gasteiger partial charge is 0.374 e. The second-order valence-corrected chi connectivity index (χ2v) is 4.08. The Kier molecular flexibility index (Phi) is 5.30. The molecule has 5 heteroatoms. The molecule has 18 heavy (non-hydrogen) atoms. The van der Waals surface area contributed by atoms with Gasteiger partial charge in [-0.25, -0.2) is 4.39 Å². The van der Waals surface area contributed by atoms with Crippen molar-refractivity contribution in [2.75, 3.05) is 5.32 Å². The summed E-state index contributed by atoms with van der Waals surface area (Å²) >= 11 is 0. The molecule has 0 aromatic heterocycles. The van der Waals surface area contributed by atoms with E-state index in [2.05, 4.69) is 10.6 Å². The van der Waals surface area contributed by atoms with Crippen LogP contribution in [0.5, 0.6) is 0 Å². The predicted molar refractivity (Wildman–Crippen MR) is 67.7 cm³/mol.